The minimum atomic E-state index is -1.55. The normalized spacial score (nSPS) is 10.8. The van der Waals surface area contributed by atoms with E-state index < -0.39 is 11.6 Å². The Balaban J connectivity index is 2.11. The van der Waals surface area contributed by atoms with Crippen LogP contribution in [0.3, 0.4) is 0 Å². The van der Waals surface area contributed by atoms with Crippen LogP contribution in [-0.4, -0.2) is 41.6 Å². The van der Waals surface area contributed by atoms with Crippen LogP contribution in [0, 0.1) is 0 Å². The number of aromatic nitrogens is 1. The van der Waals surface area contributed by atoms with Gasteiger partial charge in [-0.15, -0.1) is 0 Å². The molecule has 1 aromatic heterocycles. The lowest BCUT2D eigenvalue weighted by Gasteiger charge is -2.18. The van der Waals surface area contributed by atoms with Gasteiger partial charge in [0.15, 0.2) is 5.75 Å². The van der Waals surface area contributed by atoms with E-state index in [0.29, 0.717) is 17.3 Å². The van der Waals surface area contributed by atoms with Gasteiger partial charge in [-0.05, 0) is 35.7 Å². The molecule has 0 amide bonds. The van der Waals surface area contributed by atoms with Crippen LogP contribution in [0.2, 0.25) is 0 Å². The van der Waals surface area contributed by atoms with Crippen molar-refractivity contribution >= 4 is 22.7 Å². The number of carboxylic acid groups (broad SMARTS) is 1. The van der Waals surface area contributed by atoms with E-state index in [1.54, 1.807) is 10.6 Å². The second-order valence-corrected chi connectivity index (χ2v) is 6.66. The highest BCUT2D eigenvalue weighted by atomic mass is 16.7. The number of aliphatic hydroxyl groups is 1. The molecule has 28 heavy (non-hydrogen) atoms. The third-order valence-electron chi connectivity index (χ3n) is 4.52. The zero-order chi connectivity index (χ0) is 20.3. The third kappa shape index (κ3) is 3.99. The lowest BCUT2D eigenvalue weighted by molar-refractivity contribution is 0.143. The topological polar surface area (TPSA) is 92.0 Å². The van der Waals surface area contributed by atoms with E-state index in [2.05, 4.69) is 4.74 Å². The molecule has 0 radical (unpaired) electrons. The third-order valence-corrected chi connectivity index (χ3v) is 4.52. The highest BCUT2D eigenvalue weighted by molar-refractivity contribution is 5.82. The quantitative estimate of drug-likeness (QED) is 0.637. The van der Waals surface area contributed by atoms with Crippen molar-refractivity contribution in [2.45, 2.75) is 13.0 Å². The summed E-state index contributed by atoms with van der Waals surface area (Å²) in [5, 5.41) is 18.5. The number of fused-ring (bicyclic) bond motifs is 1. The molecular formula is C21H22N2O5. The molecule has 0 atom stereocenters. The monoisotopic (exact) mass is 382 g/mol. The molecule has 0 unspecified atom stereocenters. The molecule has 0 aliphatic rings. The maximum atomic E-state index is 12.7. The lowest BCUT2D eigenvalue weighted by atomic mass is 10.0. The number of hydrogen-bond donors (Lipinski definition) is 2. The van der Waals surface area contributed by atoms with Crippen molar-refractivity contribution in [1.29, 1.82) is 0 Å². The van der Waals surface area contributed by atoms with Crippen LogP contribution in [0.5, 0.6) is 5.75 Å². The van der Waals surface area contributed by atoms with Crippen molar-refractivity contribution in [2.24, 2.45) is 0 Å². The molecule has 3 rings (SSSR count). The summed E-state index contributed by atoms with van der Waals surface area (Å²) < 4.78 is 6.26. The summed E-state index contributed by atoms with van der Waals surface area (Å²) in [5.41, 5.74) is 3.24. The first-order valence-corrected chi connectivity index (χ1v) is 8.83. The molecule has 1 heterocycles. The maximum absolute atomic E-state index is 12.7. The molecule has 0 aliphatic carbocycles. The summed E-state index contributed by atoms with van der Waals surface area (Å²) >= 11 is 0. The van der Waals surface area contributed by atoms with Crippen LogP contribution < -0.4 is 15.1 Å². The van der Waals surface area contributed by atoms with Crippen molar-refractivity contribution in [1.82, 2.24) is 4.57 Å². The Morgan fingerprint density at radius 3 is 2.61 bits per heavy atom. The molecule has 3 aromatic rings. The maximum Gasteiger partial charge on any atom is 0.511 e. The number of hydrogen-bond acceptors (Lipinski definition) is 5. The summed E-state index contributed by atoms with van der Waals surface area (Å²) in [7, 11) is 3.95. The number of anilines is 1. The van der Waals surface area contributed by atoms with Gasteiger partial charge in [0.05, 0.1) is 18.3 Å². The van der Waals surface area contributed by atoms with Crippen LogP contribution in [-0.2, 0) is 13.0 Å². The molecule has 146 valence electrons. The number of aliphatic hydroxyl groups excluding tert-OH is 1. The highest BCUT2D eigenvalue weighted by Gasteiger charge is 2.14. The fourth-order valence-electron chi connectivity index (χ4n) is 3.30. The Hall–Kier alpha value is -3.32. The van der Waals surface area contributed by atoms with Crippen LogP contribution in [0.4, 0.5) is 10.5 Å². The largest absolute Gasteiger partial charge is 0.511 e. The highest BCUT2D eigenvalue weighted by Crippen LogP contribution is 2.24. The molecule has 2 aromatic carbocycles. The molecular weight excluding hydrogens is 360 g/mol. The standard InChI is InChI=1S/C21H22N2O5/c1-22(2)17-6-4-3-5-15(17)11-14-7-8-18-16(12-14)20(25)19(28-21(26)27)13-23(18)9-10-24/h3-8,12-13,24H,9-11H2,1-2H3,(H,26,27). The van der Waals surface area contributed by atoms with E-state index in [4.69, 9.17) is 5.11 Å². The second-order valence-electron chi connectivity index (χ2n) is 6.66. The summed E-state index contributed by atoms with van der Waals surface area (Å²) in [6, 6.07) is 13.5. The average Bonchev–Trinajstić information content (AvgIpc) is 2.65. The van der Waals surface area contributed by atoms with E-state index in [1.165, 1.54) is 6.20 Å². The van der Waals surface area contributed by atoms with Gasteiger partial charge in [-0.2, -0.15) is 0 Å². The van der Waals surface area contributed by atoms with Crippen molar-refractivity contribution < 1.29 is 19.7 Å². The summed E-state index contributed by atoms with van der Waals surface area (Å²) in [4.78, 5) is 25.7. The Bertz CT molecular complexity index is 1070. The van der Waals surface area contributed by atoms with Crippen molar-refractivity contribution in [3.05, 3.63) is 70.0 Å². The smallest absolute Gasteiger partial charge is 0.449 e. The number of rotatable bonds is 6. The predicted octanol–water partition coefficient (Wildman–Crippen LogP) is 2.71. The van der Waals surface area contributed by atoms with Gasteiger partial charge < -0.3 is 24.4 Å². The van der Waals surface area contributed by atoms with Crippen LogP contribution in [0.25, 0.3) is 10.9 Å². The number of benzene rings is 2. The van der Waals surface area contributed by atoms with Crippen LogP contribution in [0.15, 0.2) is 53.5 Å². The second kappa shape index (κ2) is 8.14. The average molecular weight is 382 g/mol. The van der Waals surface area contributed by atoms with E-state index in [9.17, 15) is 14.7 Å². The van der Waals surface area contributed by atoms with Gasteiger partial charge in [-0.3, -0.25) is 4.79 Å². The minimum absolute atomic E-state index is 0.150. The zero-order valence-corrected chi connectivity index (χ0v) is 15.8. The van der Waals surface area contributed by atoms with Gasteiger partial charge in [0.1, 0.15) is 0 Å². The molecule has 0 saturated heterocycles. The number of nitrogens with zero attached hydrogens (tertiary/aromatic N) is 2. The molecule has 2 N–H and O–H groups in total. The fraction of sp³-hybridized carbons (Fsp3) is 0.238. The van der Waals surface area contributed by atoms with Crippen molar-refractivity contribution in [3.8, 4) is 5.75 Å². The predicted molar refractivity (Wildman–Crippen MR) is 108 cm³/mol. The first-order valence-electron chi connectivity index (χ1n) is 8.83. The Kier molecular flexibility index (Phi) is 5.65. The van der Waals surface area contributed by atoms with Crippen molar-refractivity contribution in [3.63, 3.8) is 0 Å². The number of ether oxygens (including phenoxy) is 1. The summed E-state index contributed by atoms with van der Waals surface area (Å²) in [5.74, 6) is -0.278. The van der Waals surface area contributed by atoms with Gasteiger partial charge in [0, 0.05) is 31.7 Å². The first kappa shape index (κ1) is 19.4. The van der Waals surface area contributed by atoms with Gasteiger partial charge in [0.25, 0.3) is 0 Å². The van der Waals surface area contributed by atoms with Gasteiger partial charge in [-0.1, -0.05) is 24.3 Å². The Morgan fingerprint density at radius 1 is 1.18 bits per heavy atom. The summed E-state index contributed by atoms with van der Waals surface area (Å²) in [6.07, 6.45) is 0.382. The summed E-state index contributed by atoms with van der Waals surface area (Å²) in [6.45, 7) is 0.0675. The number of para-hydroxylation sites is 1. The molecule has 0 aliphatic heterocycles. The Labute approximate surface area is 162 Å². The Morgan fingerprint density at radius 2 is 1.93 bits per heavy atom. The van der Waals surface area contributed by atoms with Gasteiger partial charge >= 0.3 is 6.16 Å². The van der Waals surface area contributed by atoms with E-state index >= 15 is 0 Å². The first-order chi connectivity index (χ1) is 13.4. The van der Waals surface area contributed by atoms with E-state index in [0.717, 1.165) is 16.8 Å². The fourth-order valence-corrected chi connectivity index (χ4v) is 3.30. The van der Waals surface area contributed by atoms with Crippen LogP contribution >= 0.6 is 0 Å². The van der Waals surface area contributed by atoms with Gasteiger partial charge in [0.2, 0.25) is 5.43 Å². The van der Waals surface area contributed by atoms with E-state index in [-0.39, 0.29) is 18.9 Å². The molecule has 0 saturated carbocycles. The minimum Gasteiger partial charge on any atom is -0.449 e. The molecule has 0 bridgehead atoms. The molecule has 7 heteroatoms. The van der Waals surface area contributed by atoms with E-state index in [1.807, 2.05) is 55.4 Å². The molecule has 0 spiro atoms. The SMILES string of the molecule is CN(C)c1ccccc1Cc1ccc2c(c1)c(=O)c(OC(=O)O)cn2CCO. The van der Waals surface area contributed by atoms with Crippen LogP contribution in [0.1, 0.15) is 11.1 Å². The zero-order valence-electron chi connectivity index (χ0n) is 15.8. The number of pyridine rings is 1. The molecule has 0 fully saturated rings. The lowest BCUT2D eigenvalue weighted by Crippen LogP contribution is -2.17. The van der Waals surface area contributed by atoms with Crippen molar-refractivity contribution in [2.75, 3.05) is 25.6 Å². The molecule has 7 nitrogen and oxygen atoms in total. The number of carbonyl (C=O) groups is 1. The van der Waals surface area contributed by atoms with Gasteiger partial charge in [-0.25, -0.2) is 4.79 Å².